The van der Waals surface area contributed by atoms with Crippen molar-refractivity contribution >= 4 is 11.2 Å². The summed E-state index contributed by atoms with van der Waals surface area (Å²) in [4.78, 5) is 8.91. The highest BCUT2D eigenvalue weighted by Gasteiger charge is 2.10. The molecule has 0 aromatic carbocycles. The lowest BCUT2D eigenvalue weighted by atomic mass is 10.1. The number of rotatable bonds is 3. The molecule has 4 heteroatoms. The van der Waals surface area contributed by atoms with Crippen LogP contribution in [0, 0.1) is 6.92 Å². The summed E-state index contributed by atoms with van der Waals surface area (Å²) in [6.45, 7) is 6.01. The van der Waals surface area contributed by atoms with Gasteiger partial charge in [0.1, 0.15) is 18.0 Å². The molecule has 86 valence electrons. The molecule has 0 amide bonds. The zero-order chi connectivity index (χ0) is 11.7. The van der Waals surface area contributed by atoms with Gasteiger partial charge in [-0.15, -0.1) is 0 Å². The summed E-state index contributed by atoms with van der Waals surface area (Å²) in [7, 11) is 0. The lowest BCUT2D eigenvalue weighted by molar-refractivity contribution is 0.445. The van der Waals surface area contributed by atoms with Crippen LogP contribution >= 0.6 is 0 Å². The Balaban J connectivity index is 2.60. The third-order valence-electron chi connectivity index (χ3n) is 2.70. The molecule has 0 saturated heterocycles. The van der Waals surface area contributed by atoms with Crippen LogP contribution in [0.5, 0.6) is 0 Å². The molecule has 0 unspecified atom stereocenters. The fourth-order valence-electron chi connectivity index (χ4n) is 1.80. The van der Waals surface area contributed by atoms with Crippen LogP contribution < -0.4 is 0 Å². The number of aryl methyl sites for hydroxylation is 2. The van der Waals surface area contributed by atoms with Gasteiger partial charge in [-0.05, 0) is 25.0 Å². The zero-order valence-corrected chi connectivity index (χ0v) is 9.87. The van der Waals surface area contributed by atoms with Gasteiger partial charge in [-0.25, -0.2) is 14.4 Å². The monoisotopic (exact) mass is 221 g/mol. The summed E-state index contributed by atoms with van der Waals surface area (Å²) in [5.74, 6) is 1.19. The van der Waals surface area contributed by atoms with Crippen LogP contribution in [0.3, 0.4) is 0 Å². The normalized spacial score (nSPS) is 11.6. The predicted octanol–water partition coefficient (Wildman–Crippen LogP) is 2.83. The average Bonchev–Trinajstić information content (AvgIpc) is 2.55. The first-order valence-corrected chi connectivity index (χ1v) is 5.53. The van der Waals surface area contributed by atoms with Gasteiger partial charge in [-0.3, -0.25) is 0 Å². The first-order chi connectivity index (χ1) is 7.63. The number of fused-ring (bicyclic) bond motifs is 1. The van der Waals surface area contributed by atoms with Crippen LogP contribution in [0.15, 0.2) is 12.1 Å². The number of alkyl halides is 1. The number of nitrogens with zero attached hydrogens (tertiary/aromatic N) is 3. The van der Waals surface area contributed by atoms with E-state index in [-0.39, 0.29) is 6.67 Å². The van der Waals surface area contributed by atoms with Gasteiger partial charge in [0.25, 0.3) is 0 Å². The van der Waals surface area contributed by atoms with Crippen molar-refractivity contribution in [2.75, 3.05) is 6.67 Å². The summed E-state index contributed by atoms with van der Waals surface area (Å²) in [6.07, 6.45) is 0. The van der Waals surface area contributed by atoms with E-state index in [9.17, 15) is 4.39 Å². The SMILES string of the molecule is Cc1nc2ccc(C(C)C)nc2n1CCF. The van der Waals surface area contributed by atoms with Crippen molar-refractivity contribution in [3.05, 3.63) is 23.7 Å². The van der Waals surface area contributed by atoms with E-state index in [1.807, 2.05) is 23.6 Å². The van der Waals surface area contributed by atoms with E-state index in [2.05, 4.69) is 23.8 Å². The van der Waals surface area contributed by atoms with Crippen molar-refractivity contribution in [2.24, 2.45) is 0 Å². The van der Waals surface area contributed by atoms with E-state index in [4.69, 9.17) is 0 Å². The molecule has 2 heterocycles. The number of halogens is 1. The van der Waals surface area contributed by atoms with Gasteiger partial charge in [0.15, 0.2) is 5.65 Å². The number of hydrogen-bond donors (Lipinski definition) is 0. The topological polar surface area (TPSA) is 30.7 Å². The molecule has 2 aromatic heterocycles. The minimum atomic E-state index is -0.389. The van der Waals surface area contributed by atoms with Crippen molar-refractivity contribution in [2.45, 2.75) is 33.2 Å². The Labute approximate surface area is 94.3 Å². The van der Waals surface area contributed by atoms with Gasteiger partial charge in [0.2, 0.25) is 0 Å². The van der Waals surface area contributed by atoms with Crippen molar-refractivity contribution in [1.82, 2.24) is 14.5 Å². The average molecular weight is 221 g/mol. The standard InChI is InChI=1S/C12H16FN3/c1-8(2)10-4-5-11-12(15-10)16(7-6-13)9(3)14-11/h4-5,8H,6-7H2,1-3H3. The lowest BCUT2D eigenvalue weighted by Gasteiger charge is -2.06. The van der Waals surface area contributed by atoms with Gasteiger partial charge >= 0.3 is 0 Å². The molecule has 16 heavy (non-hydrogen) atoms. The summed E-state index contributed by atoms with van der Waals surface area (Å²) in [6, 6.07) is 3.94. The third kappa shape index (κ3) is 1.79. The predicted molar refractivity (Wildman–Crippen MR) is 62.3 cm³/mol. The number of pyridine rings is 1. The molecular weight excluding hydrogens is 205 g/mol. The second-order valence-electron chi connectivity index (χ2n) is 4.23. The highest BCUT2D eigenvalue weighted by atomic mass is 19.1. The van der Waals surface area contributed by atoms with E-state index in [1.54, 1.807) is 0 Å². The Morgan fingerprint density at radius 3 is 2.69 bits per heavy atom. The molecule has 0 aliphatic rings. The Morgan fingerprint density at radius 2 is 2.06 bits per heavy atom. The molecule has 2 aromatic rings. The number of imidazole rings is 1. The summed E-state index contributed by atoms with van der Waals surface area (Å²) in [5, 5.41) is 0. The molecule has 0 atom stereocenters. The molecule has 3 nitrogen and oxygen atoms in total. The maximum absolute atomic E-state index is 12.4. The summed E-state index contributed by atoms with van der Waals surface area (Å²) >= 11 is 0. The molecule has 0 aliphatic carbocycles. The van der Waals surface area contributed by atoms with E-state index >= 15 is 0 Å². The van der Waals surface area contributed by atoms with Gasteiger partial charge in [-0.1, -0.05) is 13.8 Å². The summed E-state index contributed by atoms with van der Waals surface area (Å²) in [5.41, 5.74) is 2.66. The highest BCUT2D eigenvalue weighted by Crippen LogP contribution is 2.18. The Hall–Kier alpha value is -1.45. The number of aromatic nitrogens is 3. The van der Waals surface area contributed by atoms with E-state index in [1.165, 1.54) is 0 Å². The zero-order valence-electron chi connectivity index (χ0n) is 9.87. The van der Waals surface area contributed by atoms with E-state index in [0.29, 0.717) is 12.5 Å². The first kappa shape index (κ1) is 11.0. The Morgan fingerprint density at radius 1 is 1.31 bits per heavy atom. The fraction of sp³-hybridized carbons (Fsp3) is 0.500. The number of hydrogen-bond acceptors (Lipinski definition) is 2. The minimum absolute atomic E-state index is 0.330. The molecule has 0 fully saturated rings. The molecule has 0 bridgehead atoms. The largest absolute Gasteiger partial charge is 0.310 e. The van der Waals surface area contributed by atoms with Crippen LogP contribution in [0.1, 0.15) is 31.3 Å². The molecule has 2 rings (SSSR count). The van der Waals surface area contributed by atoms with Gasteiger partial charge in [-0.2, -0.15) is 0 Å². The minimum Gasteiger partial charge on any atom is -0.310 e. The van der Waals surface area contributed by atoms with Crippen molar-refractivity contribution in [3.8, 4) is 0 Å². The van der Waals surface area contributed by atoms with Crippen LogP contribution in [0.4, 0.5) is 4.39 Å². The summed E-state index contributed by atoms with van der Waals surface area (Å²) < 4.78 is 14.3. The smallest absolute Gasteiger partial charge is 0.160 e. The fourth-order valence-corrected chi connectivity index (χ4v) is 1.80. The van der Waals surface area contributed by atoms with Crippen LogP contribution in [-0.4, -0.2) is 21.2 Å². The van der Waals surface area contributed by atoms with Crippen molar-refractivity contribution in [3.63, 3.8) is 0 Å². The van der Waals surface area contributed by atoms with Crippen LogP contribution in [0.25, 0.3) is 11.2 Å². The maximum Gasteiger partial charge on any atom is 0.160 e. The quantitative estimate of drug-likeness (QED) is 0.798. The maximum atomic E-state index is 12.4. The molecule has 0 spiro atoms. The highest BCUT2D eigenvalue weighted by molar-refractivity contribution is 5.71. The molecular formula is C12H16FN3. The Bertz CT molecular complexity index is 502. The molecule has 0 radical (unpaired) electrons. The molecule has 0 aliphatic heterocycles. The molecule has 0 saturated carbocycles. The lowest BCUT2D eigenvalue weighted by Crippen LogP contribution is -2.04. The van der Waals surface area contributed by atoms with E-state index in [0.717, 1.165) is 22.7 Å². The van der Waals surface area contributed by atoms with Crippen molar-refractivity contribution in [1.29, 1.82) is 0 Å². The van der Waals surface area contributed by atoms with Crippen LogP contribution in [-0.2, 0) is 6.54 Å². The van der Waals surface area contributed by atoms with Gasteiger partial charge in [0.05, 0.1) is 6.54 Å². The third-order valence-corrected chi connectivity index (χ3v) is 2.70. The molecule has 0 N–H and O–H groups in total. The first-order valence-electron chi connectivity index (χ1n) is 5.53. The van der Waals surface area contributed by atoms with Crippen molar-refractivity contribution < 1.29 is 4.39 Å². The van der Waals surface area contributed by atoms with Gasteiger partial charge in [0, 0.05) is 5.69 Å². The second-order valence-corrected chi connectivity index (χ2v) is 4.23. The Kier molecular flexibility index (Phi) is 2.90. The van der Waals surface area contributed by atoms with E-state index < -0.39 is 0 Å². The van der Waals surface area contributed by atoms with Crippen LogP contribution in [0.2, 0.25) is 0 Å². The van der Waals surface area contributed by atoms with Gasteiger partial charge < -0.3 is 4.57 Å². The second kappa shape index (κ2) is 4.20.